The average molecular weight is 232 g/mol. The third-order valence-corrected chi connectivity index (χ3v) is 3.55. The number of likely N-dealkylation sites (tertiary alicyclic amines) is 1. The summed E-state index contributed by atoms with van der Waals surface area (Å²) >= 11 is 0. The second-order valence-corrected chi connectivity index (χ2v) is 4.48. The maximum absolute atomic E-state index is 10.3. The minimum absolute atomic E-state index is 0.00634. The SMILES string of the molecule is CCOC[N+]1(C(C)OCC)CCCCC1O. The van der Waals surface area contributed by atoms with Gasteiger partial charge in [0.1, 0.15) is 0 Å². The van der Waals surface area contributed by atoms with Gasteiger partial charge in [0.15, 0.2) is 19.2 Å². The summed E-state index contributed by atoms with van der Waals surface area (Å²) in [6, 6.07) is 0. The topological polar surface area (TPSA) is 38.7 Å². The van der Waals surface area contributed by atoms with Gasteiger partial charge < -0.3 is 14.6 Å². The first-order chi connectivity index (χ1) is 7.67. The molecule has 96 valence electrons. The van der Waals surface area contributed by atoms with Crippen LogP contribution in [0.4, 0.5) is 0 Å². The van der Waals surface area contributed by atoms with Crippen LogP contribution in [0.15, 0.2) is 0 Å². The molecule has 1 aliphatic rings. The first-order valence-corrected chi connectivity index (χ1v) is 6.41. The van der Waals surface area contributed by atoms with Crippen molar-refractivity contribution in [2.24, 2.45) is 0 Å². The fourth-order valence-corrected chi connectivity index (χ4v) is 2.47. The van der Waals surface area contributed by atoms with Crippen LogP contribution in [0.3, 0.4) is 0 Å². The Morgan fingerprint density at radius 3 is 2.62 bits per heavy atom. The summed E-state index contributed by atoms with van der Waals surface area (Å²) in [7, 11) is 0. The Labute approximate surface area is 98.7 Å². The highest BCUT2D eigenvalue weighted by molar-refractivity contribution is 4.58. The molecule has 0 aromatic heterocycles. The quantitative estimate of drug-likeness (QED) is 0.708. The van der Waals surface area contributed by atoms with Gasteiger partial charge in [-0.15, -0.1) is 0 Å². The van der Waals surface area contributed by atoms with E-state index in [4.69, 9.17) is 9.47 Å². The van der Waals surface area contributed by atoms with Crippen molar-refractivity contribution < 1.29 is 19.1 Å². The number of nitrogens with zero attached hydrogens (tertiary/aromatic N) is 1. The highest BCUT2D eigenvalue weighted by atomic mass is 16.5. The molecule has 4 nitrogen and oxygen atoms in total. The predicted octanol–water partition coefficient (Wildman–Crippen LogP) is 1.68. The number of rotatable bonds is 6. The summed E-state index contributed by atoms with van der Waals surface area (Å²) in [4.78, 5) is 0. The van der Waals surface area contributed by atoms with Crippen LogP contribution in [0.2, 0.25) is 0 Å². The van der Waals surface area contributed by atoms with Gasteiger partial charge in [-0.1, -0.05) is 0 Å². The first kappa shape index (κ1) is 13.9. The van der Waals surface area contributed by atoms with Crippen molar-refractivity contribution >= 4 is 0 Å². The minimum atomic E-state index is -0.346. The van der Waals surface area contributed by atoms with E-state index < -0.39 is 0 Å². The molecule has 1 N–H and O–H groups in total. The van der Waals surface area contributed by atoms with Crippen LogP contribution in [0.5, 0.6) is 0 Å². The third-order valence-electron chi connectivity index (χ3n) is 3.55. The second kappa shape index (κ2) is 6.55. The van der Waals surface area contributed by atoms with Crippen LogP contribution < -0.4 is 0 Å². The van der Waals surface area contributed by atoms with Crippen LogP contribution in [-0.4, -0.2) is 48.5 Å². The molecule has 16 heavy (non-hydrogen) atoms. The molecule has 0 aromatic carbocycles. The highest BCUT2D eigenvalue weighted by Crippen LogP contribution is 2.28. The lowest BCUT2D eigenvalue weighted by Crippen LogP contribution is -2.64. The van der Waals surface area contributed by atoms with E-state index in [0.29, 0.717) is 24.4 Å². The lowest BCUT2D eigenvalue weighted by molar-refractivity contribution is -1.03. The predicted molar refractivity (Wildman–Crippen MR) is 62.6 cm³/mol. The van der Waals surface area contributed by atoms with E-state index >= 15 is 0 Å². The van der Waals surface area contributed by atoms with E-state index in [1.54, 1.807) is 0 Å². The van der Waals surface area contributed by atoms with Crippen LogP contribution in [-0.2, 0) is 9.47 Å². The summed E-state index contributed by atoms with van der Waals surface area (Å²) in [6.07, 6.45) is 2.76. The summed E-state index contributed by atoms with van der Waals surface area (Å²) in [5.74, 6) is 0. The molecule has 0 saturated carbocycles. The molecule has 1 saturated heterocycles. The molecule has 0 spiro atoms. The number of aliphatic hydroxyl groups is 1. The molecule has 0 radical (unpaired) electrons. The molecule has 0 aliphatic carbocycles. The van der Waals surface area contributed by atoms with E-state index in [1.165, 1.54) is 0 Å². The van der Waals surface area contributed by atoms with Gasteiger partial charge in [-0.05, 0) is 26.7 Å². The summed E-state index contributed by atoms with van der Waals surface area (Å²) in [5, 5.41) is 10.3. The lowest BCUT2D eigenvalue weighted by Gasteiger charge is -2.47. The Morgan fingerprint density at radius 2 is 2.06 bits per heavy atom. The molecule has 3 atom stereocenters. The normalized spacial score (nSPS) is 32.6. The molecular formula is C12H26NO3+. The van der Waals surface area contributed by atoms with Gasteiger partial charge in [0.25, 0.3) is 0 Å². The Hall–Kier alpha value is -0.160. The van der Waals surface area contributed by atoms with Crippen molar-refractivity contribution in [2.45, 2.75) is 52.5 Å². The van der Waals surface area contributed by atoms with E-state index in [0.717, 1.165) is 25.8 Å². The lowest BCUT2D eigenvalue weighted by atomic mass is 10.1. The highest BCUT2D eigenvalue weighted by Gasteiger charge is 2.43. The maximum atomic E-state index is 10.3. The number of aliphatic hydroxyl groups excluding tert-OH is 1. The fraction of sp³-hybridized carbons (Fsp3) is 1.00. The van der Waals surface area contributed by atoms with Crippen molar-refractivity contribution in [1.82, 2.24) is 0 Å². The van der Waals surface area contributed by atoms with Gasteiger partial charge in [-0.3, -0.25) is 4.48 Å². The van der Waals surface area contributed by atoms with Crippen molar-refractivity contribution in [2.75, 3.05) is 26.5 Å². The summed E-state index contributed by atoms with van der Waals surface area (Å²) in [6.45, 7) is 8.88. The minimum Gasteiger partial charge on any atom is -0.345 e. The zero-order valence-electron chi connectivity index (χ0n) is 10.8. The fourth-order valence-electron chi connectivity index (χ4n) is 2.47. The van der Waals surface area contributed by atoms with Gasteiger partial charge >= 0.3 is 0 Å². The Kier molecular flexibility index (Phi) is 5.69. The molecule has 0 amide bonds. The van der Waals surface area contributed by atoms with E-state index in [2.05, 4.69) is 0 Å². The van der Waals surface area contributed by atoms with Crippen LogP contribution >= 0.6 is 0 Å². The van der Waals surface area contributed by atoms with Gasteiger partial charge in [-0.2, -0.15) is 0 Å². The molecule has 0 aromatic rings. The number of quaternary nitrogens is 1. The van der Waals surface area contributed by atoms with Gasteiger partial charge in [-0.25, -0.2) is 0 Å². The Balaban J connectivity index is 2.72. The van der Waals surface area contributed by atoms with Crippen LogP contribution in [0, 0.1) is 0 Å². The van der Waals surface area contributed by atoms with E-state index in [1.807, 2.05) is 20.8 Å². The Morgan fingerprint density at radius 1 is 1.31 bits per heavy atom. The molecular weight excluding hydrogens is 206 g/mol. The zero-order chi connectivity index (χ0) is 12.0. The van der Waals surface area contributed by atoms with Gasteiger partial charge in [0.2, 0.25) is 0 Å². The molecule has 4 heteroatoms. The molecule has 1 rings (SSSR count). The van der Waals surface area contributed by atoms with Crippen molar-refractivity contribution in [3.63, 3.8) is 0 Å². The first-order valence-electron chi connectivity index (χ1n) is 6.41. The van der Waals surface area contributed by atoms with E-state index in [9.17, 15) is 5.11 Å². The molecule has 1 aliphatic heterocycles. The zero-order valence-corrected chi connectivity index (χ0v) is 10.8. The third kappa shape index (κ3) is 2.94. The number of ether oxygens (including phenoxy) is 2. The Bertz CT molecular complexity index is 201. The van der Waals surface area contributed by atoms with Crippen LogP contribution in [0.1, 0.15) is 40.0 Å². The van der Waals surface area contributed by atoms with Crippen molar-refractivity contribution in [1.29, 1.82) is 0 Å². The summed E-state index contributed by atoms with van der Waals surface area (Å²) < 4.78 is 11.8. The number of piperidine rings is 1. The standard InChI is InChI=1S/C12H26NO3/c1-4-15-10-13(11(3)16-5-2)9-7-6-8-12(13)14/h11-12,14H,4-10H2,1-3H3/q+1. The number of hydrogen-bond donors (Lipinski definition) is 1. The molecule has 1 fully saturated rings. The molecule has 1 heterocycles. The van der Waals surface area contributed by atoms with Gasteiger partial charge in [0, 0.05) is 20.0 Å². The molecule has 0 bridgehead atoms. The van der Waals surface area contributed by atoms with E-state index in [-0.39, 0.29) is 12.5 Å². The average Bonchev–Trinajstić information content (AvgIpc) is 2.28. The van der Waals surface area contributed by atoms with Crippen molar-refractivity contribution in [3.05, 3.63) is 0 Å². The largest absolute Gasteiger partial charge is 0.345 e. The second-order valence-electron chi connectivity index (χ2n) is 4.48. The molecule has 3 unspecified atom stereocenters. The van der Waals surface area contributed by atoms with Gasteiger partial charge in [0.05, 0.1) is 13.2 Å². The monoisotopic (exact) mass is 232 g/mol. The maximum Gasteiger partial charge on any atom is 0.194 e. The number of hydrogen-bond acceptors (Lipinski definition) is 3. The van der Waals surface area contributed by atoms with Crippen LogP contribution in [0.25, 0.3) is 0 Å². The smallest absolute Gasteiger partial charge is 0.194 e. The summed E-state index contributed by atoms with van der Waals surface area (Å²) in [5.41, 5.74) is 0. The van der Waals surface area contributed by atoms with Crippen molar-refractivity contribution in [3.8, 4) is 0 Å².